The molecule has 2 heterocycles. The van der Waals surface area contributed by atoms with Crippen LogP contribution >= 0.6 is 7.82 Å². The molecule has 7 rings (SSSR count). The number of carbonyl (C=O) groups excluding carboxylic acids is 3. The predicted octanol–water partition coefficient (Wildman–Crippen LogP) is 8.03. The molecule has 1 aliphatic carbocycles. The van der Waals surface area contributed by atoms with E-state index >= 15 is 0 Å². The smallest absolute Gasteiger partial charge is 0.494 e. The molecule has 0 bridgehead atoms. The Morgan fingerprint density at radius 1 is 0.894 bits per heavy atom. The zero-order valence-electron chi connectivity index (χ0n) is 37.9. The van der Waals surface area contributed by atoms with Crippen LogP contribution in [0.2, 0.25) is 0 Å². The molecule has 2 N–H and O–H groups in total. The van der Waals surface area contributed by atoms with E-state index in [1.807, 2.05) is 94.4 Å². The van der Waals surface area contributed by atoms with Crippen molar-refractivity contribution in [1.29, 1.82) is 0 Å². The summed E-state index contributed by atoms with van der Waals surface area (Å²) in [4.78, 5) is 46.4. The number of nitrogens with zero attached hydrogens (tertiary/aromatic N) is 6. The fourth-order valence-electron chi connectivity index (χ4n) is 7.48. The quantitative estimate of drug-likeness (QED) is 0.0585. The van der Waals surface area contributed by atoms with Crippen molar-refractivity contribution in [3.8, 4) is 22.9 Å². The van der Waals surface area contributed by atoms with Gasteiger partial charge in [-0.15, -0.1) is 10.2 Å². The van der Waals surface area contributed by atoms with Gasteiger partial charge in [-0.1, -0.05) is 86.6 Å². The number of methoxy groups -OCH3 is 1. The summed E-state index contributed by atoms with van der Waals surface area (Å²) in [6.45, 7) is 7.02. The average molecular weight is 917 g/mol. The van der Waals surface area contributed by atoms with Gasteiger partial charge in [-0.2, -0.15) is 9.79 Å². The topological polar surface area (TPSA) is 199 Å². The minimum Gasteiger partial charge on any atom is -0.494 e. The minimum absolute atomic E-state index is 0.0391. The first-order chi connectivity index (χ1) is 31.6. The van der Waals surface area contributed by atoms with Gasteiger partial charge in [0.2, 0.25) is 5.82 Å². The van der Waals surface area contributed by atoms with Crippen LogP contribution in [-0.2, 0) is 60.3 Å². The molecule has 0 spiro atoms. The third kappa shape index (κ3) is 11.7. The van der Waals surface area contributed by atoms with Gasteiger partial charge in [0.05, 0.1) is 56.3 Å². The van der Waals surface area contributed by atoms with Crippen molar-refractivity contribution in [3.63, 3.8) is 0 Å². The molecule has 1 fully saturated rings. The Morgan fingerprint density at radius 2 is 1.56 bits per heavy atom. The summed E-state index contributed by atoms with van der Waals surface area (Å²) in [5.74, 6) is -0.679. The first kappa shape index (κ1) is 47.0. The normalized spacial score (nSPS) is 13.0. The van der Waals surface area contributed by atoms with Crippen molar-refractivity contribution < 1.29 is 42.0 Å². The number of anilines is 2. The van der Waals surface area contributed by atoms with Crippen molar-refractivity contribution in [2.75, 3.05) is 19.5 Å². The fraction of sp³-hybridized carbons (Fsp3) is 0.312. The number of pyridine rings is 1. The number of phosphoric ester groups is 1. The number of benzene rings is 4. The number of rotatable bonds is 19. The van der Waals surface area contributed by atoms with Gasteiger partial charge in [0.15, 0.2) is 12.5 Å². The maximum absolute atomic E-state index is 14.6. The van der Waals surface area contributed by atoms with Crippen molar-refractivity contribution in [1.82, 2.24) is 30.1 Å². The minimum atomic E-state index is -4.29. The number of para-hydroxylation sites is 1. The van der Waals surface area contributed by atoms with Crippen LogP contribution < -0.4 is 25.4 Å². The number of aryl methyl sites for hydroxylation is 3. The molecule has 0 saturated heterocycles. The number of esters is 1. The highest BCUT2D eigenvalue weighted by molar-refractivity contribution is 7.48. The van der Waals surface area contributed by atoms with E-state index in [4.69, 9.17) is 23.0 Å². The maximum Gasteiger partial charge on any atom is 0.530 e. The number of hydrogen-bond donors (Lipinski definition) is 2. The Labute approximate surface area is 382 Å². The third-order valence-electron chi connectivity index (χ3n) is 10.7. The second-order valence-corrected chi connectivity index (χ2v) is 18.2. The largest absolute Gasteiger partial charge is 0.530 e. The zero-order valence-corrected chi connectivity index (χ0v) is 38.8. The number of ether oxygens (including phenoxy) is 2. The summed E-state index contributed by atoms with van der Waals surface area (Å²) in [6, 6.07) is 29.1. The lowest BCUT2D eigenvalue weighted by Crippen LogP contribution is -2.30. The SMILES string of the molecule is CNC(=O)c1cn(COC(=O)CC(C)(C)c2c(C)cc(C)cc2OP(=O)(OCc2ccccc2)OCc2ccccc2)/c(=N/C(=O)C2CC2)cc1Nc1cccc(-c2nnn(C)n2)c1OC. The molecule has 344 valence electrons. The van der Waals surface area contributed by atoms with Gasteiger partial charge in [0.25, 0.3) is 11.8 Å². The van der Waals surface area contributed by atoms with Crippen molar-refractivity contribution in [2.24, 2.45) is 18.0 Å². The van der Waals surface area contributed by atoms with Crippen molar-refractivity contribution in [3.05, 3.63) is 142 Å². The zero-order chi connectivity index (χ0) is 47.0. The Hall–Kier alpha value is -6.94. The van der Waals surface area contributed by atoms with E-state index in [0.29, 0.717) is 46.9 Å². The predicted molar refractivity (Wildman–Crippen MR) is 246 cm³/mol. The average Bonchev–Trinajstić information content (AvgIpc) is 4.06. The molecule has 2 amide bonds. The molecular weight excluding hydrogens is 864 g/mol. The van der Waals surface area contributed by atoms with E-state index in [1.54, 1.807) is 37.4 Å². The van der Waals surface area contributed by atoms with Crippen LogP contribution in [0.5, 0.6) is 11.5 Å². The van der Waals surface area contributed by atoms with Gasteiger partial charge >= 0.3 is 13.8 Å². The maximum atomic E-state index is 14.6. The number of phosphoric acid groups is 1. The molecular formula is C48H53N8O9P. The first-order valence-electron chi connectivity index (χ1n) is 21.3. The summed E-state index contributed by atoms with van der Waals surface area (Å²) >= 11 is 0. The van der Waals surface area contributed by atoms with Gasteiger partial charge < -0.3 is 24.6 Å². The lowest BCUT2D eigenvalue weighted by Gasteiger charge is -2.30. The van der Waals surface area contributed by atoms with E-state index in [0.717, 1.165) is 22.3 Å². The molecule has 4 aromatic carbocycles. The molecule has 0 aliphatic heterocycles. The standard InChI is InChI=1S/C48H53N8O9P/c1-31-23-32(2)43(40(24-31)65-66(60,63-28-33-15-10-8-11-16-33)64-29-34-17-12-9-13-18-34)48(3,4)26-42(57)62-30-56-27-37(47(59)49-5)39(25-41(56)51-46(58)35-21-22-35)50-38-20-14-19-36(44(38)61-7)45-52-54-55(6)53-45/h8-20,23-25,27,35,50H,21-22,26,28-30H2,1-7H3,(H,49,59)/b51-41+. The third-order valence-corrected chi connectivity index (χ3v) is 12.1. The second-order valence-electron chi connectivity index (χ2n) is 16.6. The molecule has 18 heteroatoms. The van der Waals surface area contributed by atoms with Gasteiger partial charge in [0, 0.05) is 36.2 Å². The lowest BCUT2D eigenvalue weighted by molar-refractivity contribution is -0.148. The molecule has 0 unspecified atom stereocenters. The summed E-state index contributed by atoms with van der Waals surface area (Å²) in [6.07, 6.45) is 2.75. The molecule has 6 aromatic rings. The first-order valence-corrected chi connectivity index (χ1v) is 22.8. The summed E-state index contributed by atoms with van der Waals surface area (Å²) < 4.78 is 45.9. The molecule has 2 aromatic heterocycles. The molecule has 0 atom stereocenters. The van der Waals surface area contributed by atoms with Crippen LogP contribution in [0.15, 0.2) is 108 Å². The molecule has 1 aliphatic rings. The molecule has 66 heavy (non-hydrogen) atoms. The number of nitrogens with one attached hydrogen (secondary N) is 2. The number of hydrogen-bond acceptors (Lipinski definition) is 13. The van der Waals surface area contributed by atoms with Crippen LogP contribution in [0.3, 0.4) is 0 Å². The highest BCUT2D eigenvalue weighted by Crippen LogP contribution is 2.53. The van der Waals surface area contributed by atoms with Crippen LogP contribution in [-0.4, -0.2) is 56.7 Å². The monoisotopic (exact) mass is 916 g/mol. The summed E-state index contributed by atoms with van der Waals surface area (Å²) in [5, 5.41) is 18.3. The van der Waals surface area contributed by atoms with Crippen LogP contribution in [0.25, 0.3) is 11.4 Å². The van der Waals surface area contributed by atoms with E-state index in [1.165, 1.54) is 29.7 Å². The van der Waals surface area contributed by atoms with Gasteiger partial charge in [-0.05, 0) is 72.4 Å². The van der Waals surface area contributed by atoms with Gasteiger partial charge in [-0.3, -0.25) is 28.0 Å². The van der Waals surface area contributed by atoms with E-state index in [-0.39, 0.29) is 55.0 Å². The summed E-state index contributed by atoms with van der Waals surface area (Å²) in [7, 11) is 0.349. The second kappa shape index (κ2) is 20.5. The van der Waals surface area contributed by atoms with Crippen molar-refractivity contribution >= 4 is 37.0 Å². The van der Waals surface area contributed by atoms with Crippen LogP contribution in [0.1, 0.15) is 71.3 Å². The Bertz CT molecular complexity index is 2800. The van der Waals surface area contributed by atoms with Crippen LogP contribution in [0.4, 0.5) is 11.4 Å². The van der Waals surface area contributed by atoms with Gasteiger partial charge in [-0.25, -0.2) is 4.57 Å². The highest BCUT2D eigenvalue weighted by Gasteiger charge is 2.36. The number of tetrazole rings is 1. The van der Waals surface area contributed by atoms with E-state index < -0.39 is 25.1 Å². The van der Waals surface area contributed by atoms with Gasteiger partial charge in [0.1, 0.15) is 11.2 Å². The molecule has 0 radical (unpaired) electrons. The van der Waals surface area contributed by atoms with E-state index in [9.17, 15) is 18.9 Å². The number of carbonyl (C=O) groups is 3. The Balaban J connectivity index is 1.16. The van der Waals surface area contributed by atoms with Crippen molar-refractivity contribution in [2.45, 2.75) is 72.3 Å². The lowest BCUT2D eigenvalue weighted by atomic mass is 9.78. The van der Waals surface area contributed by atoms with Crippen LogP contribution in [0, 0.1) is 19.8 Å². The highest BCUT2D eigenvalue weighted by atomic mass is 31.2. The Kier molecular flexibility index (Phi) is 14.6. The Morgan fingerprint density at radius 3 is 2.15 bits per heavy atom. The number of aromatic nitrogens is 5. The van der Waals surface area contributed by atoms with E-state index in [2.05, 4.69) is 31.0 Å². The molecule has 1 saturated carbocycles. The number of amides is 2. The molecule has 17 nitrogen and oxygen atoms in total. The fourth-order valence-corrected chi connectivity index (χ4v) is 8.66. The summed E-state index contributed by atoms with van der Waals surface area (Å²) in [5.41, 5.74) is 4.41.